The van der Waals surface area contributed by atoms with Crippen LogP contribution in [0.1, 0.15) is 26.7 Å². The third kappa shape index (κ3) is 5.29. The molecular weight excluding hydrogens is 122 g/mol. The average Bonchev–Trinajstić information content (AvgIpc) is 1.98. The zero-order valence-corrected chi connectivity index (χ0v) is 6.80. The first-order chi connectivity index (χ1) is 4.81. The Hall–Kier alpha value is -0.850. The van der Waals surface area contributed by atoms with Crippen LogP contribution in [0.25, 0.3) is 0 Å². The molecule has 1 nitrogen and oxygen atoms in total. The Balaban J connectivity index is 3.52. The van der Waals surface area contributed by atoms with E-state index in [1.165, 1.54) is 0 Å². The molecule has 0 unspecified atom stereocenters. The van der Waals surface area contributed by atoms with Crippen LogP contribution in [0.5, 0.6) is 0 Å². The summed E-state index contributed by atoms with van der Waals surface area (Å²) in [7, 11) is 0. The van der Waals surface area contributed by atoms with Gasteiger partial charge in [0.05, 0.1) is 0 Å². The molecule has 0 saturated heterocycles. The molecule has 0 rings (SSSR count). The van der Waals surface area contributed by atoms with Crippen LogP contribution in [-0.4, -0.2) is 6.72 Å². The lowest BCUT2D eigenvalue weighted by molar-refractivity contribution is 1.18. The van der Waals surface area contributed by atoms with E-state index in [-0.39, 0.29) is 0 Å². The van der Waals surface area contributed by atoms with Gasteiger partial charge in [0.15, 0.2) is 0 Å². The molecule has 0 fully saturated rings. The molecular formula is C9H15N. The molecule has 0 bridgehead atoms. The Labute approximate surface area is 63.2 Å². The Morgan fingerprint density at radius 3 is 2.70 bits per heavy atom. The highest BCUT2D eigenvalue weighted by atomic mass is 14.7. The smallest absolute Gasteiger partial charge is 0.0328 e. The van der Waals surface area contributed by atoms with E-state index in [1.54, 1.807) is 0 Å². The van der Waals surface area contributed by atoms with Crippen molar-refractivity contribution in [3.05, 3.63) is 23.9 Å². The van der Waals surface area contributed by atoms with E-state index in [0.29, 0.717) is 0 Å². The van der Waals surface area contributed by atoms with Gasteiger partial charge in [-0.2, -0.15) is 0 Å². The fourth-order valence-electron chi connectivity index (χ4n) is 0.566. The summed E-state index contributed by atoms with van der Waals surface area (Å²) in [6, 6.07) is 0. The summed E-state index contributed by atoms with van der Waals surface area (Å²) in [5.74, 6) is 0. The van der Waals surface area contributed by atoms with Crippen LogP contribution in [0.3, 0.4) is 0 Å². The highest BCUT2D eigenvalue weighted by Crippen LogP contribution is 1.96. The normalized spacial score (nSPS) is 12.4. The van der Waals surface area contributed by atoms with Gasteiger partial charge in [0, 0.05) is 5.70 Å². The minimum atomic E-state index is 0.971. The van der Waals surface area contributed by atoms with Crippen molar-refractivity contribution in [1.29, 1.82) is 0 Å². The highest BCUT2D eigenvalue weighted by Gasteiger charge is 1.76. The van der Waals surface area contributed by atoms with E-state index < -0.39 is 0 Å². The van der Waals surface area contributed by atoms with Crippen LogP contribution in [0.2, 0.25) is 0 Å². The molecule has 0 amide bonds. The Morgan fingerprint density at radius 1 is 1.50 bits per heavy atom. The molecule has 0 saturated carbocycles. The van der Waals surface area contributed by atoms with Crippen molar-refractivity contribution in [3.63, 3.8) is 0 Å². The first-order valence-electron chi connectivity index (χ1n) is 3.59. The molecule has 0 aromatic carbocycles. The van der Waals surface area contributed by atoms with Crippen molar-refractivity contribution in [2.45, 2.75) is 26.7 Å². The average molecular weight is 137 g/mol. The summed E-state index contributed by atoms with van der Waals surface area (Å²) in [6.45, 7) is 7.49. The number of hydrogen-bond donors (Lipinski definition) is 0. The first kappa shape index (κ1) is 9.15. The maximum absolute atomic E-state index is 3.76. The second-order valence-corrected chi connectivity index (χ2v) is 2.12. The summed E-state index contributed by atoms with van der Waals surface area (Å²) in [6.07, 6.45) is 8.41. The van der Waals surface area contributed by atoms with Crippen LogP contribution < -0.4 is 0 Å². The number of nitrogens with zero attached hydrogens (tertiary/aromatic N) is 1. The first-order valence-corrected chi connectivity index (χ1v) is 3.59. The largest absolute Gasteiger partial charge is 0.270 e. The number of rotatable bonds is 4. The van der Waals surface area contributed by atoms with Crippen LogP contribution in [0, 0.1) is 0 Å². The molecule has 0 aliphatic heterocycles. The standard InChI is InChI=1S/C9H15N/c1-4-5-6-7-8-9(2)10-3/h5-6,8H,3-4,7H2,1-2H3/b6-5-,9-8-. The van der Waals surface area contributed by atoms with Gasteiger partial charge in [-0.3, -0.25) is 4.99 Å². The fourth-order valence-corrected chi connectivity index (χ4v) is 0.566. The Morgan fingerprint density at radius 2 is 2.20 bits per heavy atom. The molecule has 0 atom stereocenters. The van der Waals surface area contributed by atoms with Crippen molar-refractivity contribution >= 4 is 6.72 Å². The van der Waals surface area contributed by atoms with Crippen molar-refractivity contribution in [2.75, 3.05) is 0 Å². The summed E-state index contributed by atoms with van der Waals surface area (Å²) in [5.41, 5.74) is 1.00. The van der Waals surface area contributed by atoms with Crippen molar-refractivity contribution in [3.8, 4) is 0 Å². The van der Waals surface area contributed by atoms with E-state index >= 15 is 0 Å². The molecule has 0 aromatic heterocycles. The quantitative estimate of drug-likeness (QED) is 0.417. The summed E-state index contributed by atoms with van der Waals surface area (Å²) >= 11 is 0. The number of hydrogen-bond acceptors (Lipinski definition) is 1. The van der Waals surface area contributed by atoms with Crippen molar-refractivity contribution in [1.82, 2.24) is 0 Å². The van der Waals surface area contributed by atoms with Crippen LogP contribution in [0.15, 0.2) is 28.9 Å². The van der Waals surface area contributed by atoms with Crippen molar-refractivity contribution in [2.24, 2.45) is 4.99 Å². The topological polar surface area (TPSA) is 12.4 Å². The second kappa shape index (κ2) is 6.27. The van der Waals surface area contributed by atoms with E-state index in [9.17, 15) is 0 Å². The third-order valence-corrected chi connectivity index (χ3v) is 1.20. The van der Waals surface area contributed by atoms with Gasteiger partial charge in [-0.15, -0.1) is 0 Å². The SMILES string of the molecule is C=N/C(C)=C\C/C=C\CC. The van der Waals surface area contributed by atoms with Gasteiger partial charge in [0.2, 0.25) is 0 Å². The lowest BCUT2D eigenvalue weighted by atomic mass is 10.3. The molecule has 0 heterocycles. The molecule has 10 heavy (non-hydrogen) atoms. The molecule has 1 heteroatoms. The Kier molecular flexibility index (Phi) is 5.74. The summed E-state index contributed by atoms with van der Waals surface area (Å²) in [5, 5.41) is 0. The molecule has 0 radical (unpaired) electrons. The summed E-state index contributed by atoms with van der Waals surface area (Å²) < 4.78 is 0. The van der Waals surface area contributed by atoms with Gasteiger partial charge in [-0.25, -0.2) is 0 Å². The van der Waals surface area contributed by atoms with Gasteiger partial charge < -0.3 is 0 Å². The number of allylic oxidation sites excluding steroid dienone is 4. The maximum atomic E-state index is 3.76. The minimum Gasteiger partial charge on any atom is -0.270 e. The predicted molar refractivity (Wildman–Crippen MR) is 47.4 cm³/mol. The van der Waals surface area contributed by atoms with E-state index in [1.807, 2.05) is 6.92 Å². The molecule has 0 aliphatic rings. The molecule has 0 N–H and O–H groups in total. The van der Waals surface area contributed by atoms with Crippen molar-refractivity contribution < 1.29 is 0 Å². The monoisotopic (exact) mass is 137 g/mol. The van der Waals surface area contributed by atoms with E-state index in [0.717, 1.165) is 18.5 Å². The van der Waals surface area contributed by atoms with Gasteiger partial charge in [0.1, 0.15) is 0 Å². The molecule has 0 aromatic rings. The van der Waals surface area contributed by atoms with E-state index in [2.05, 4.69) is 36.9 Å². The van der Waals surface area contributed by atoms with Crippen LogP contribution in [-0.2, 0) is 0 Å². The van der Waals surface area contributed by atoms with Crippen LogP contribution in [0.4, 0.5) is 0 Å². The maximum Gasteiger partial charge on any atom is 0.0328 e. The minimum absolute atomic E-state index is 0.971. The Bertz CT molecular complexity index is 143. The predicted octanol–water partition coefficient (Wildman–Crippen LogP) is 2.95. The highest BCUT2D eigenvalue weighted by molar-refractivity contribution is 5.28. The van der Waals surface area contributed by atoms with Crippen LogP contribution >= 0.6 is 0 Å². The zero-order valence-electron chi connectivity index (χ0n) is 6.80. The van der Waals surface area contributed by atoms with Gasteiger partial charge in [0.25, 0.3) is 0 Å². The lowest BCUT2D eigenvalue weighted by Gasteiger charge is -1.86. The summed E-state index contributed by atoms with van der Waals surface area (Å²) in [4.78, 5) is 3.76. The van der Waals surface area contributed by atoms with Gasteiger partial charge >= 0.3 is 0 Å². The van der Waals surface area contributed by atoms with E-state index in [4.69, 9.17) is 0 Å². The second-order valence-electron chi connectivity index (χ2n) is 2.12. The van der Waals surface area contributed by atoms with Gasteiger partial charge in [-0.05, 0) is 26.5 Å². The zero-order chi connectivity index (χ0) is 7.82. The molecule has 56 valence electrons. The number of aliphatic imine (C=N–C) groups is 1. The van der Waals surface area contributed by atoms with Gasteiger partial charge in [-0.1, -0.05) is 25.2 Å². The third-order valence-electron chi connectivity index (χ3n) is 1.20. The molecule has 0 spiro atoms. The lowest BCUT2D eigenvalue weighted by Crippen LogP contribution is -1.66. The fraction of sp³-hybridized carbons (Fsp3) is 0.444. The molecule has 0 aliphatic carbocycles.